The van der Waals surface area contributed by atoms with E-state index in [0.717, 1.165) is 36.2 Å². The maximum Gasteiger partial charge on any atom is 0.350 e. The summed E-state index contributed by atoms with van der Waals surface area (Å²) in [6.45, 7) is 6.33. The third-order valence-corrected chi connectivity index (χ3v) is 7.74. The second-order valence-corrected chi connectivity index (χ2v) is 10.3. The van der Waals surface area contributed by atoms with E-state index in [2.05, 4.69) is 11.9 Å². The quantitative estimate of drug-likeness (QED) is 0.204. The van der Waals surface area contributed by atoms with Crippen LogP contribution in [0.2, 0.25) is 0 Å². The van der Waals surface area contributed by atoms with Gasteiger partial charge in [-0.15, -0.1) is 0 Å². The first kappa shape index (κ1) is 25.7. The molecule has 1 aliphatic rings. The normalized spacial score (nSPS) is 14.7. The van der Waals surface area contributed by atoms with E-state index < -0.39 is 17.9 Å². The molecule has 0 bridgehead atoms. The van der Waals surface area contributed by atoms with Crippen LogP contribution in [-0.2, 0) is 4.74 Å². The summed E-state index contributed by atoms with van der Waals surface area (Å²) < 4.78 is 16.8. The predicted octanol–water partition coefficient (Wildman–Crippen LogP) is 5.97. The molecule has 1 aliphatic heterocycles. The number of hydrogen-bond acceptors (Lipinski definition) is 8. The first-order chi connectivity index (χ1) is 18.3. The number of carbonyl (C=O) groups excluding carboxylic acids is 2. The molecule has 8 nitrogen and oxygen atoms in total. The lowest BCUT2D eigenvalue weighted by atomic mass is 9.98. The Bertz CT molecular complexity index is 1590. The van der Waals surface area contributed by atoms with Crippen LogP contribution in [0.4, 0.5) is 5.13 Å². The second kappa shape index (κ2) is 10.4. The number of esters is 1. The summed E-state index contributed by atoms with van der Waals surface area (Å²) in [4.78, 5) is 46.1. The van der Waals surface area contributed by atoms with Crippen LogP contribution >= 0.6 is 11.3 Å². The van der Waals surface area contributed by atoms with Crippen molar-refractivity contribution >= 4 is 39.3 Å². The average molecular weight is 533 g/mol. The standard InChI is InChI=1S/C29H28N2O6S/c1-5-6-7-14-36-19-11-9-18(10-12-19)23-22-24(32)20-15-16(2)8-13-21(20)37-25(22)27(33)31(23)29-30-17(3)26(38-29)28(34)35-4/h8-13,15,23H,5-7,14H2,1-4H3. The van der Waals surface area contributed by atoms with Gasteiger partial charge in [-0.1, -0.05) is 54.9 Å². The zero-order valence-corrected chi connectivity index (χ0v) is 22.5. The van der Waals surface area contributed by atoms with E-state index in [4.69, 9.17) is 13.9 Å². The Balaban J connectivity index is 1.64. The van der Waals surface area contributed by atoms with Gasteiger partial charge in [0.05, 0.1) is 36.4 Å². The van der Waals surface area contributed by atoms with Crippen molar-refractivity contribution in [2.45, 2.75) is 46.1 Å². The third kappa shape index (κ3) is 4.47. The molecular formula is C29H28N2O6S. The van der Waals surface area contributed by atoms with Gasteiger partial charge in [0.15, 0.2) is 10.6 Å². The highest BCUT2D eigenvalue weighted by Gasteiger charge is 2.45. The van der Waals surface area contributed by atoms with E-state index >= 15 is 0 Å². The molecule has 2 aromatic heterocycles. The minimum absolute atomic E-state index is 0.0243. The molecule has 0 spiro atoms. The molecule has 0 fully saturated rings. The minimum Gasteiger partial charge on any atom is -0.494 e. The summed E-state index contributed by atoms with van der Waals surface area (Å²) in [6, 6.07) is 11.9. The first-order valence-electron chi connectivity index (χ1n) is 12.5. The lowest BCUT2D eigenvalue weighted by Crippen LogP contribution is -2.29. The number of hydrogen-bond donors (Lipinski definition) is 0. The summed E-state index contributed by atoms with van der Waals surface area (Å²) in [5, 5.41) is 0.689. The number of anilines is 1. The fourth-order valence-corrected chi connectivity index (χ4v) is 5.67. The monoisotopic (exact) mass is 532 g/mol. The molecule has 0 saturated heterocycles. The van der Waals surface area contributed by atoms with Crippen molar-refractivity contribution in [2.24, 2.45) is 0 Å². The number of unbranched alkanes of at least 4 members (excludes halogenated alkanes) is 2. The number of benzene rings is 2. The molecule has 1 unspecified atom stereocenters. The Morgan fingerprint density at radius 2 is 1.87 bits per heavy atom. The van der Waals surface area contributed by atoms with Gasteiger partial charge in [0.1, 0.15) is 16.2 Å². The summed E-state index contributed by atoms with van der Waals surface area (Å²) in [7, 11) is 1.29. The number of aromatic nitrogens is 1. The molecule has 0 saturated carbocycles. The number of rotatable bonds is 8. The number of nitrogens with zero attached hydrogens (tertiary/aromatic N) is 2. The predicted molar refractivity (Wildman–Crippen MR) is 146 cm³/mol. The van der Waals surface area contributed by atoms with E-state index in [1.165, 1.54) is 12.0 Å². The SMILES string of the molecule is CCCCCOc1ccc(C2c3c(oc4ccc(C)cc4c3=O)C(=O)N2c2nc(C)c(C(=O)OC)s2)cc1. The van der Waals surface area contributed by atoms with Crippen LogP contribution in [-0.4, -0.2) is 30.6 Å². The zero-order valence-electron chi connectivity index (χ0n) is 21.7. The van der Waals surface area contributed by atoms with Gasteiger partial charge in [-0.25, -0.2) is 9.78 Å². The Morgan fingerprint density at radius 3 is 2.58 bits per heavy atom. The topological polar surface area (TPSA) is 98.9 Å². The number of aryl methyl sites for hydroxylation is 2. The third-order valence-electron chi connectivity index (χ3n) is 6.60. The molecule has 4 aromatic rings. The number of fused-ring (bicyclic) bond motifs is 2. The van der Waals surface area contributed by atoms with Gasteiger partial charge in [0.25, 0.3) is 5.91 Å². The summed E-state index contributed by atoms with van der Waals surface area (Å²) in [6.07, 6.45) is 3.17. The van der Waals surface area contributed by atoms with Gasteiger partial charge in [-0.3, -0.25) is 14.5 Å². The van der Waals surface area contributed by atoms with Gasteiger partial charge in [0, 0.05) is 0 Å². The highest BCUT2D eigenvalue weighted by molar-refractivity contribution is 7.17. The molecule has 2 aromatic carbocycles. The van der Waals surface area contributed by atoms with E-state index in [9.17, 15) is 14.4 Å². The lowest BCUT2D eigenvalue weighted by Gasteiger charge is -2.22. The molecule has 1 atom stereocenters. The Hall–Kier alpha value is -3.98. The number of ether oxygens (including phenoxy) is 2. The van der Waals surface area contributed by atoms with Gasteiger partial charge in [0.2, 0.25) is 5.76 Å². The van der Waals surface area contributed by atoms with Crippen molar-refractivity contribution in [3.63, 3.8) is 0 Å². The molecule has 38 heavy (non-hydrogen) atoms. The van der Waals surface area contributed by atoms with E-state index in [1.54, 1.807) is 19.1 Å². The van der Waals surface area contributed by atoms with Crippen LogP contribution in [0.3, 0.4) is 0 Å². The molecule has 0 N–H and O–H groups in total. The second-order valence-electron chi connectivity index (χ2n) is 9.28. The fraction of sp³-hybridized carbons (Fsp3) is 0.310. The minimum atomic E-state index is -0.788. The van der Waals surface area contributed by atoms with Gasteiger partial charge < -0.3 is 13.9 Å². The lowest BCUT2D eigenvalue weighted by molar-refractivity contribution is 0.0605. The van der Waals surface area contributed by atoms with Crippen LogP contribution in [0.1, 0.15) is 74.8 Å². The summed E-state index contributed by atoms with van der Waals surface area (Å²) in [5.74, 6) is -0.342. The van der Waals surface area contributed by atoms with E-state index in [1.807, 2.05) is 37.3 Å². The van der Waals surface area contributed by atoms with Crippen LogP contribution in [0.15, 0.2) is 51.7 Å². The molecule has 0 radical (unpaired) electrons. The smallest absolute Gasteiger partial charge is 0.350 e. The first-order valence-corrected chi connectivity index (χ1v) is 13.3. The highest BCUT2D eigenvalue weighted by Crippen LogP contribution is 2.43. The molecule has 1 amide bonds. The molecule has 9 heteroatoms. The Morgan fingerprint density at radius 1 is 1.11 bits per heavy atom. The zero-order chi connectivity index (χ0) is 27.0. The van der Waals surface area contributed by atoms with Crippen molar-refractivity contribution in [3.8, 4) is 5.75 Å². The van der Waals surface area contributed by atoms with Crippen molar-refractivity contribution in [1.82, 2.24) is 4.98 Å². The van der Waals surface area contributed by atoms with Crippen molar-refractivity contribution in [1.29, 1.82) is 0 Å². The average Bonchev–Trinajstić information content (AvgIpc) is 3.44. The van der Waals surface area contributed by atoms with Crippen LogP contribution in [0.25, 0.3) is 11.0 Å². The summed E-state index contributed by atoms with van der Waals surface area (Å²) >= 11 is 1.04. The molecule has 5 rings (SSSR count). The Labute approximate surface area is 223 Å². The highest BCUT2D eigenvalue weighted by atomic mass is 32.1. The van der Waals surface area contributed by atoms with Crippen LogP contribution < -0.4 is 15.1 Å². The fourth-order valence-electron chi connectivity index (χ4n) is 4.66. The maximum atomic E-state index is 13.8. The number of thiazole rings is 1. The van der Waals surface area contributed by atoms with Gasteiger partial charge >= 0.3 is 5.97 Å². The maximum absolute atomic E-state index is 13.8. The van der Waals surface area contributed by atoms with Gasteiger partial charge in [-0.05, 0) is 50.1 Å². The van der Waals surface area contributed by atoms with Crippen LogP contribution in [0.5, 0.6) is 5.75 Å². The Kier molecular flexibility index (Phi) is 7.03. The molecular weight excluding hydrogens is 504 g/mol. The number of carbonyl (C=O) groups is 2. The van der Waals surface area contributed by atoms with E-state index in [-0.39, 0.29) is 21.9 Å². The molecule has 196 valence electrons. The number of amides is 1. The van der Waals surface area contributed by atoms with Gasteiger partial charge in [-0.2, -0.15) is 0 Å². The summed E-state index contributed by atoms with van der Waals surface area (Å²) in [5.41, 5.74) is 2.37. The molecule has 3 heterocycles. The van der Waals surface area contributed by atoms with Crippen molar-refractivity contribution in [3.05, 3.63) is 85.7 Å². The molecule has 0 aliphatic carbocycles. The van der Waals surface area contributed by atoms with E-state index in [0.29, 0.717) is 39.5 Å². The largest absolute Gasteiger partial charge is 0.494 e. The van der Waals surface area contributed by atoms with Crippen molar-refractivity contribution < 1.29 is 23.5 Å². The van der Waals surface area contributed by atoms with Crippen LogP contribution in [0, 0.1) is 13.8 Å². The number of methoxy groups -OCH3 is 1. The van der Waals surface area contributed by atoms with Crippen molar-refractivity contribution in [2.75, 3.05) is 18.6 Å².